The predicted octanol–water partition coefficient (Wildman–Crippen LogP) is 5.07. The van der Waals surface area contributed by atoms with E-state index in [1.165, 1.54) is 5.56 Å². The molecule has 0 radical (unpaired) electrons. The van der Waals surface area contributed by atoms with Crippen LogP contribution in [0.2, 0.25) is 0 Å². The van der Waals surface area contributed by atoms with Gasteiger partial charge < -0.3 is 14.4 Å². The fraction of sp³-hybridized carbons (Fsp3) is 0.400. The lowest BCUT2D eigenvalue weighted by molar-refractivity contribution is 0.213. The molecule has 124 valence electrons. The van der Waals surface area contributed by atoms with Gasteiger partial charge in [0.15, 0.2) is 6.23 Å². The molecule has 0 heterocycles. The van der Waals surface area contributed by atoms with Crippen molar-refractivity contribution >= 4 is 5.69 Å². The molecule has 3 nitrogen and oxygen atoms in total. The Bertz CT molecular complexity index is 625. The highest BCUT2D eigenvalue weighted by Gasteiger charge is 2.17. The summed E-state index contributed by atoms with van der Waals surface area (Å²) in [6, 6.07) is 16.3. The van der Waals surface area contributed by atoms with Crippen LogP contribution in [-0.2, 0) is 0 Å². The molecular formula is C20H27NO2. The van der Waals surface area contributed by atoms with Crippen LogP contribution in [0.25, 0.3) is 0 Å². The van der Waals surface area contributed by atoms with Crippen molar-refractivity contribution in [1.82, 2.24) is 0 Å². The lowest BCUT2D eigenvalue weighted by Crippen LogP contribution is -2.37. The van der Waals surface area contributed by atoms with Crippen molar-refractivity contribution in [1.29, 1.82) is 0 Å². The van der Waals surface area contributed by atoms with E-state index < -0.39 is 0 Å². The minimum atomic E-state index is -0.0630. The van der Waals surface area contributed by atoms with E-state index in [9.17, 15) is 0 Å². The van der Waals surface area contributed by atoms with E-state index in [2.05, 4.69) is 50.8 Å². The summed E-state index contributed by atoms with van der Waals surface area (Å²) in [5.74, 6) is 2.25. The van der Waals surface area contributed by atoms with Crippen LogP contribution in [0.5, 0.6) is 11.5 Å². The molecule has 23 heavy (non-hydrogen) atoms. The normalized spacial score (nSPS) is 12.1. The maximum atomic E-state index is 6.27. The highest BCUT2D eigenvalue weighted by Crippen LogP contribution is 2.29. The number of para-hydroxylation sites is 1. The summed E-state index contributed by atoms with van der Waals surface area (Å²) >= 11 is 0. The van der Waals surface area contributed by atoms with E-state index in [0.717, 1.165) is 23.7 Å². The van der Waals surface area contributed by atoms with Crippen LogP contribution in [0.15, 0.2) is 48.5 Å². The molecule has 3 heteroatoms. The van der Waals surface area contributed by atoms with Crippen LogP contribution in [0.1, 0.15) is 39.2 Å². The Kier molecular flexibility index (Phi) is 5.91. The lowest BCUT2D eigenvalue weighted by atomic mass is 10.0. The molecule has 0 amide bonds. The zero-order valence-corrected chi connectivity index (χ0v) is 14.7. The summed E-state index contributed by atoms with van der Waals surface area (Å²) < 4.78 is 11.6. The summed E-state index contributed by atoms with van der Waals surface area (Å²) in [5.41, 5.74) is 2.34. The van der Waals surface area contributed by atoms with Gasteiger partial charge in [-0.25, -0.2) is 0 Å². The average Bonchev–Trinajstić information content (AvgIpc) is 2.56. The van der Waals surface area contributed by atoms with Crippen LogP contribution < -0.4 is 14.4 Å². The number of hydrogen-bond acceptors (Lipinski definition) is 3. The number of rotatable bonds is 7. The van der Waals surface area contributed by atoms with E-state index in [4.69, 9.17) is 9.47 Å². The number of anilines is 1. The largest absolute Gasteiger partial charge is 0.497 e. The number of hydrogen-bond donors (Lipinski definition) is 0. The van der Waals surface area contributed by atoms with Crippen LogP contribution in [0.3, 0.4) is 0 Å². The van der Waals surface area contributed by atoms with Gasteiger partial charge in [-0.05, 0) is 43.5 Å². The van der Waals surface area contributed by atoms with Gasteiger partial charge in [0.2, 0.25) is 0 Å². The Balaban J connectivity index is 2.22. The predicted molar refractivity (Wildman–Crippen MR) is 96.6 cm³/mol. The van der Waals surface area contributed by atoms with E-state index in [1.54, 1.807) is 7.11 Å². The number of methoxy groups -OCH3 is 1. The third-order valence-corrected chi connectivity index (χ3v) is 4.00. The molecule has 0 aliphatic heterocycles. The highest BCUT2D eigenvalue weighted by molar-refractivity contribution is 5.51. The van der Waals surface area contributed by atoms with Crippen LogP contribution in [0, 0.1) is 0 Å². The molecule has 0 bridgehead atoms. The summed E-state index contributed by atoms with van der Waals surface area (Å²) in [4.78, 5) is 2.22. The molecule has 1 unspecified atom stereocenters. The second-order valence-corrected chi connectivity index (χ2v) is 5.90. The molecule has 0 spiro atoms. The van der Waals surface area contributed by atoms with Crippen molar-refractivity contribution in [3.63, 3.8) is 0 Å². The SMILES string of the molecule is CCN(c1cccc(OC)c1)C(C)Oc1ccccc1C(C)C. The molecule has 0 aromatic heterocycles. The quantitative estimate of drug-likeness (QED) is 0.666. The molecule has 2 rings (SSSR count). The Hall–Kier alpha value is -2.16. The van der Waals surface area contributed by atoms with E-state index >= 15 is 0 Å². The second-order valence-electron chi connectivity index (χ2n) is 5.90. The molecule has 0 N–H and O–H groups in total. The van der Waals surface area contributed by atoms with Gasteiger partial charge in [0.1, 0.15) is 11.5 Å². The van der Waals surface area contributed by atoms with Crippen molar-refractivity contribution in [3.05, 3.63) is 54.1 Å². The number of benzene rings is 2. The van der Waals surface area contributed by atoms with Crippen molar-refractivity contribution in [2.75, 3.05) is 18.6 Å². The number of ether oxygens (including phenoxy) is 2. The van der Waals surface area contributed by atoms with Crippen LogP contribution in [-0.4, -0.2) is 19.9 Å². The smallest absolute Gasteiger partial charge is 0.169 e. The Morgan fingerprint density at radius 3 is 2.39 bits per heavy atom. The first kappa shape index (κ1) is 17.2. The number of nitrogens with zero attached hydrogens (tertiary/aromatic N) is 1. The maximum absolute atomic E-state index is 6.27. The molecule has 0 aliphatic carbocycles. The second kappa shape index (κ2) is 7.91. The van der Waals surface area contributed by atoms with Crippen molar-refractivity contribution in [2.45, 2.75) is 39.8 Å². The van der Waals surface area contributed by atoms with Gasteiger partial charge in [0.25, 0.3) is 0 Å². The lowest BCUT2D eigenvalue weighted by Gasteiger charge is -2.31. The standard InChI is InChI=1S/C20H27NO2/c1-6-21(17-10-9-11-18(14-17)22-5)16(4)23-20-13-8-7-12-19(20)15(2)3/h7-16H,6H2,1-5H3. The molecule has 0 aliphatic rings. The minimum Gasteiger partial charge on any atom is -0.497 e. The van der Waals surface area contributed by atoms with Crippen molar-refractivity contribution in [3.8, 4) is 11.5 Å². The van der Waals surface area contributed by atoms with Gasteiger partial charge in [-0.15, -0.1) is 0 Å². The first-order valence-electron chi connectivity index (χ1n) is 8.23. The summed E-state index contributed by atoms with van der Waals surface area (Å²) in [7, 11) is 1.69. The van der Waals surface area contributed by atoms with Gasteiger partial charge in [0, 0.05) is 18.3 Å². The van der Waals surface area contributed by atoms with E-state index in [-0.39, 0.29) is 6.23 Å². The molecule has 1 atom stereocenters. The van der Waals surface area contributed by atoms with Gasteiger partial charge >= 0.3 is 0 Å². The maximum Gasteiger partial charge on any atom is 0.169 e. The molecule has 0 fully saturated rings. The van der Waals surface area contributed by atoms with Gasteiger partial charge in [0.05, 0.1) is 7.11 Å². The van der Waals surface area contributed by atoms with Gasteiger partial charge in [-0.3, -0.25) is 0 Å². The van der Waals surface area contributed by atoms with Crippen LogP contribution in [0.4, 0.5) is 5.69 Å². The topological polar surface area (TPSA) is 21.7 Å². The Labute approximate surface area is 139 Å². The third-order valence-electron chi connectivity index (χ3n) is 4.00. The van der Waals surface area contributed by atoms with E-state index in [0.29, 0.717) is 5.92 Å². The summed E-state index contributed by atoms with van der Waals surface area (Å²) in [5, 5.41) is 0. The minimum absolute atomic E-state index is 0.0630. The third kappa shape index (κ3) is 4.19. The van der Waals surface area contributed by atoms with Crippen molar-refractivity contribution < 1.29 is 9.47 Å². The molecular weight excluding hydrogens is 286 g/mol. The Morgan fingerprint density at radius 1 is 1.00 bits per heavy atom. The zero-order chi connectivity index (χ0) is 16.8. The average molecular weight is 313 g/mol. The molecule has 2 aromatic carbocycles. The molecule has 0 saturated carbocycles. The van der Waals surface area contributed by atoms with Crippen LogP contribution >= 0.6 is 0 Å². The van der Waals surface area contributed by atoms with Crippen molar-refractivity contribution in [2.24, 2.45) is 0 Å². The van der Waals surface area contributed by atoms with E-state index in [1.807, 2.05) is 30.3 Å². The molecule has 0 saturated heterocycles. The summed E-state index contributed by atoms with van der Waals surface area (Å²) in [6.07, 6.45) is -0.0630. The van der Waals surface area contributed by atoms with Gasteiger partial charge in [-0.2, -0.15) is 0 Å². The van der Waals surface area contributed by atoms with Gasteiger partial charge in [-0.1, -0.05) is 38.1 Å². The zero-order valence-electron chi connectivity index (χ0n) is 14.7. The first-order chi connectivity index (χ1) is 11.1. The monoisotopic (exact) mass is 313 g/mol. The fourth-order valence-corrected chi connectivity index (χ4v) is 2.75. The Morgan fingerprint density at radius 2 is 1.74 bits per heavy atom. The highest BCUT2D eigenvalue weighted by atomic mass is 16.5. The fourth-order valence-electron chi connectivity index (χ4n) is 2.75. The molecule has 2 aromatic rings. The summed E-state index contributed by atoms with van der Waals surface area (Å²) in [6.45, 7) is 9.45. The first-order valence-corrected chi connectivity index (χ1v) is 8.23.